The fourth-order valence-corrected chi connectivity index (χ4v) is 3.98. The summed E-state index contributed by atoms with van der Waals surface area (Å²) in [5, 5.41) is 0. The molecule has 62 valence electrons. The maximum Gasteiger partial charge on any atom is -0.0321 e. The minimum Gasteiger partial charge on any atom is -0.0625 e. The largest absolute Gasteiger partial charge is 0.0625 e. The van der Waals surface area contributed by atoms with Crippen LogP contribution in [0.5, 0.6) is 0 Å². The zero-order chi connectivity index (χ0) is 7.59. The molecule has 3 rings (SSSR count). The maximum absolute atomic E-state index is 2.41. The third-order valence-corrected chi connectivity index (χ3v) is 4.82. The van der Waals surface area contributed by atoms with Crippen LogP contribution in [-0.4, -0.2) is 0 Å². The molecule has 0 saturated heterocycles. The van der Waals surface area contributed by atoms with Crippen LogP contribution in [0.25, 0.3) is 0 Å². The SMILES string of the molecule is CC(C)C1CC2C3CCC3C12. The third kappa shape index (κ3) is 0.588. The van der Waals surface area contributed by atoms with E-state index in [1.54, 1.807) is 19.3 Å². The fraction of sp³-hybridized carbons (Fsp3) is 1.00. The monoisotopic (exact) mass is 150 g/mol. The van der Waals surface area contributed by atoms with E-state index < -0.39 is 0 Å². The number of rotatable bonds is 1. The lowest BCUT2D eigenvalue weighted by Crippen LogP contribution is -2.64. The van der Waals surface area contributed by atoms with Gasteiger partial charge in [-0.1, -0.05) is 13.8 Å². The van der Waals surface area contributed by atoms with Crippen molar-refractivity contribution in [3.8, 4) is 0 Å². The summed E-state index contributed by atoms with van der Waals surface area (Å²) < 4.78 is 0. The van der Waals surface area contributed by atoms with Crippen LogP contribution in [0.3, 0.4) is 0 Å². The second kappa shape index (κ2) is 1.84. The van der Waals surface area contributed by atoms with Crippen molar-refractivity contribution in [3.63, 3.8) is 0 Å². The van der Waals surface area contributed by atoms with E-state index in [4.69, 9.17) is 0 Å². The second-order valence-corrected chi connectivity index (χ2v) is 5.29. The van der Waals surface area contributed by atoms with E-state index in [1.165, 1.54) is 23.7 Å². The molecule has 3 aliphatic rings. The Morgan fingerprint density at radius 2 is 1.73 bits per heavy atom. The van der Waals surface area contributed by atoms with Gasteiger partial charge in [0.1, 0.15) is 0 Å². The van der Waals surface area contributed by atoms with Gasteiger partial charge < -0.3 is 0 Å². The van der Waals surface area contributed by atoms with Gasteiger partial charge in [0.15, 0.2) is 0 Å². The molecule has 0 N–H and O–H groups in total. The second-order valence-electron chi connectivity index (χ2n) is 5.29. The zero-order valence-corrected chi connectivity index (χ0v) is 7.59. The molecule has 0 heteroatoms. The quantitative estimate of drug-likeness (QED) is 0.539. The first kappa shape index (κ1) is 6.51. The fourth-order valence-electron chi connectivity index (χ4n) is 3.98. The highest BCUT2D eigenvalue weighted by atomic mass is 14.7. The number of hydrogen-bond acceptors (Lipinski definition) is 0. The molecule has 0 radical (unpaired) electrons. The molecule has 0 bridgehead atoms. The van der Waals surface area contributed by atoms with Crippen LogP contribution in [0.15, 0.2) is 0 Å². The predicted octanol–water partition coefficient (Wildman–Crippen LogP) is 2.93. The normalized spacial score (nSPS) is 58.6. The average molecular weight is 150 g/mol. The molecule has 0 spiro atoms. The first-order valence-corrected chi connectivity index (χ1v) is 5.29. The van der Waals surface area contributed by atoms with Crippen molar-refractivity contribution in [1.82, 2.24) is 0 Å². The molecule has 0 aromatic heterocycles. The van der Waals surface area contributed by atoms with Crippen LogP contribution in [0.1, 0.15) is 33.1 Å². The summed E-state index contributed by atoms with van der Waals surface area (Å²) in [4.78, 5) is 0. The molecule has 5 unspecified atom stereocenters. The Bertz CT molecular complexity index is 176. The smallest absolute Gasteiger partial charge is 0.0321 e. The first-order chi connectivity index (χ1) is 5.29. The highest BCUT2D eigenvalue weighted by molar-refractivity contribution is 5.12. The van der Waals surface area contributed by atoms with Crippen molar-refractivity contribution >= 4 is 0 Å². The van der Waals surface area contributed by atoms with Crippen LogP contribution in [-0.2, 0) is 0 Å². The van der Waals surface area contributed by atoms with Gasteiger partial charge >= 0.3 is 0 Å². The number of fused-ring (bicyclic) bond motifs is 4. The summed E-state index contributed by atoms with van der Waals surface area (Å²) in [6.45, 7) is 4.82. The van der Waals surface area contributed by atoms with Crippen molar-refractivity contribution in [2.24, 2.45) is 35.5 Å². The molecule has 3 fully saturated rings. The Labute approximate surface area is 69.4 Å². The summed E-state index contributed by atoms with van der Waals surface area (Å²) >= 11 is 0. The molecular weight excluding hydrogens is 132 g/mol. The Morgan fingerprint density at radius 3 is 2.18 bits per heavy atom. The summed E-state index contributed by atoms with van der Waals surface area (Å²) in [6, 6.07) is 0. The topological polar surface area (TPSA) is 0 Å². The Morgan fingerprint density at radius 1 is 1.00 bits per heavy atom. The van der Waals surface area contributed by atoms with E-state index in [2.05, 4.69) is 13.8 Å². The Hall–Kier alpha value is 0. The van der Waals surface area contributed by atoms with E-state index in [0.29, 0.717) is 0 Å². The predicted molar refractivity (Wildman–Crippen MR) is 46.1 cm³/mol. The average Bonchev–Trinajstić information content (AvgIpc) is 1.88. The van der Waals surface area contributed by atoms with Gasteiger partial charge in [0.25, 0.3) is 0 Å². The van der Waals surface area contributed by atoms with Crippen LogP contribution >= 0.6 is 0 Å². The van der Waals surface area contributed by atoms with Crippen LogP contribution in [0.2, 0.25) is 0 Å². The van der Waals surface area contributed by atoms with E-state index >= 15 is 0 Å². The van der Waals surface area contributed by atoms with Crippen LogP contribution in [0.4, 0.5) is 0 Å². The summed E-state index contributed by atoms with van der Waals surface area (Å²) in [5.74, 6) is 6.94. The van der Waals surface area contributed by atoms with Gasteiger partial charge in [-0.2, -0.15) is 0 Å². The van der Waals surface area contributed by atoms with Crippen molar-refractivity contribution in [1.29, 1.82) is 0 Å². The molecule has 5 atom stereocenters. The van der Waals surface area contributed by atoms with Crippen molar-refractivity contribution in [2.45, 2.75) is 33.1 Å². The van der Waals surface area contributed by atoms with Gasteiger partial charge in [0.2, 0.25) is 0 Å². The van der Waals surface area contributed by atoms with Gasteiger partial charge in [-0.15, -0.1) is 0 Å². The molecular formula is C11H18. The van der Waals surface area contributed by atoms with Gasteiger partial charge in [0, 0.05) is 0 Å². The maximum atomic E-state index is 2.41. The standard InChI is InChI=1S/C11H18/c1-6(2)9-5-10-7-3-4-8(7)11(9)10/h6-11H,3-5H2,1-2H3. The lowest BCUT2D eigenvalue weighted by atomic mass is 9.35. The lowest BCUT2D eigenvalue weighted by molar-refractivity contribution is -0.216. The van der Waals surface area contributed by atoms with Crippen LogP contribution in [0, 0.1) is 35.5 Å². The molecule has 0 aliphatic heterocycles. The molecule has 0 amide bonds. The highest BCUT2D eigenvalue weighted by Crippen LogP contribution is 2.70. The Kier molecular flexibility index (Phi) is 1.09. The zero-order valence-electron chi connectivity index (χ0n) is 7.59. The minimum atomic E-state index is 0.970. The molecule has 3 saturated carbocycles. The molecule has 11 heavy (non-hydrogen) atoms. The van der Waals surface area contributed by atoms with Gasteiger partial charge in [-0.3, -0.25) is 0 Å². The molecule has 0 aromatic rings. The molecule has 0 aromatic carbocycles. The van der Waals surface area contributed by atoms with E-state index in [0.717, 1.165) is 11.8 Å². The molecule has 3 aliphatic carbocycles. The first-order valence-electron chi connectivity index (χ1n) is 5.29. The summed E-state index contributed by atoms with van der Waals surface area (Å²) in [5.41, 5.74) is 0. The summed E-state index contributed by atoms with van der Waals surface area (Å²) in [7, 11) is 0. The van der Waals surface area contributed by atoms with Crippen molar-refractivity contribution < 1.29 is 0 Å². The molecule has 0 heterocycles. The lowest BCUT2D eigenvalue weighted by Gasteiger charge is -2.70. The third-order valence-electron chi connectivity index (χ3n) is 4.82. The minimum absolute atomic E-state index is 0.970. The number of hydrogen-bond donors (Lipinski definition) is 0. The van der Waals surface area contributed by atoms with E-state index in [-0.39, 0.29) is 0 Å². The van der Waals surface area contributed by atoms with Crippen LogP contribution < -0.4 is 0 Å². The Balaban J connectivity index is 1.70. The van der Waals surface area contributed by atoms with Gasteiger partial charge in [-0.05, 0) is 54.8 Å². The van der Waals surface area contributed by atoms with Gasteiger partial charge in [-0.25, -0.2) is 0 Å². The van der Waals surface area contributed by atoms with E-state index in [1.807, 2.05) is 0 Å². The molecule has 0 nitrogen and oxygen atoms in total. The van der Waals surface area contributed by atoms with Crippen molar-refractivity contribution in [2.75, 3.05) is 0 Å². The van der Waals surface area contributed by atoms with Crippen molar-refractivity contribution in [3.05, 3.63) is 0 Å². The van der Waals surface area contributed by atoms with E-state index in [9.17, 15) is 0 Å². The summed E-state index contributed by atoms with van der Waals surface area (Å²) in [6.07, 6.45) is 4.75. The highest BCUT2D eigenvalue weighted by Gasteiger charge is 2.63. The van der Waals surface area contributed by atoms with Gasteiger partial charge in [0.05, 0.1) is 0 Å².